The third-order valence-corrected chi connectivity index (χ3v) is 5.03. The first-order valence-corrected chi connectivity index (χ1v) is 9.57. The third-order valence-electron chi connectivity index (χ3n) is 5.03. The Morgan fingerprint density at radius 1 is 1.12 bits per heavy atom. The summed E-state index contributed by atoms with van der Waals surface area (Å²) in [4.78, 5) is 22.3. The van der Waals surface area contributed by atoms with Crippen molar-refractivity contribution in [2.24, 2.45) is 0 Å². The van der Waals surface area contributed by atoms with E-state index < -0.39 is 17.8 Å². The number of nitrogens with zero attached hydrogens (tertiary/aromatic N) is 3. The smallest absolute Gasteiger partial charge is 0.416 e. The Bertz CT molecular complexity index is 1140. The van der Waals surface area contributed by atoms with Gasteiger partial charge in [-0.1, -0.05) is 6.07 Å². The minimum atomic E-state index is -4.48. The number of nitrogens with one attached hydrogen (secondary N) is 1. The van der Waals surface area contributed by atoms with Crippen molar-refractivity contribution in [1.82, 2.24) is 9.97 Å². The summed E-state index contributed by atoms with van der Waals surface area (Å²) in [5.74, 6) is 0.891. The van der Waals surface area contributed by atoms with Crippen molar-refractivity contribution in [3.63, 3.8) is 0 Å². The molecule has 11 heteroatoms. The van der Waals surface area contributed by atoms with E-state index in [1.807, 2.05) is 6.92 Å². The van der Waals surface area contributed by atoms with Gasteiger partial charge < -0.3 is 10.1 Å². The van der Waals surface area contributed by atoms with E-state index >= 15 is 0 Å². The monoisotopic (exact) mass is 500 g/mol. The van der Waals surface area contributed by atoms with E-state index in [2.05, 4.69) is 15.3 Å². The summed E-state index contributed by atoms with van der Waals surface area (Å²) in [5, 5.41) is 2.68. The van der Waals surface area contributed by atoms with Crippen LogP contribution >= 0.6 is 24.8 Å². The minimum absolute atomic E-state index is 0. The molecule has 1 N–H and O–H groups in total. The molecule has 3 heterocycles. The summed E-state index contributed by atoms with van der Waals surface area (Å²) in [6.07, 6.45) is -0.899. The first-order chi connectivity index (χ1) is 14.7. The van der Waals surface area contributed by atoms with Gasteiger partial charge in [0.25, 0.3) is 0 Å². The van der Waals surface area contributed by atoms with Crippen LogP contribution in [-0.4, -0.2) is 22.5 Å². The van der Waals surface area contributed by atoms with Crippen molar-refractivity contribution in [3.8, 4) is 11.6 Å². The minimum Gasteiger partial charge on any atom is -0.437 e. The highest BCUT2D eigenvalue weighted by Crippen LogP contribution is 2.38. The Kier molecular flexibility index (Phi) is 8.16. The van der Waals surface area contributed by atoms with Crippen molar-refractivity contribution in [3.05, 3.63) is 71.2 Å². The first-order valence-electron chi connectivity index (χ1n) is 9.57. The van der Waals surface area contributed by atoms with E-state index in [4.69, 9.17) is 4.74 Å². The number of ether oxygens (including phenoxy) is 1. The zero-order valence-corrected chi connectivity index (χ0v) is 19.3. The highest BCUT2D eigenvalue weighted by atomic mass is 35.5. The standard InChI is InChI=1S/C22H19F3N4O2.2ClH/c1-13-10-15-7-9-29(18(15)11-17(13)22(23,24)25)21(30)28-16-5-6-20(27-12-16)31-19-4-3-8-26-14(19)2;;/h3-6,8,10-12H,7,9H2,1-2H3,(H,28,30);2*1H. The summed E-state index contributed by atoms with van der Waals surface area (Å²) >= 11 is 0. The summed E-state index contributed by atoms with van der Waals surface area (Å²) in [6, 6.07) is 8.74. The largest absolute Gasteiger partial charge is 0.437 e. The van der Waals surface area contributed by atoms with E-state index in [0.717, 1.165) is 11.6 Å². The number of pyridine rings is 2. The molecule has 1 aliphatic rings. The van der Waals surface area contributed by atoms with E-state index in [9.17, 15) is 18.0 Å². The number of anilines is 2. The molecule has 6 nitrogen and oxygen atoms in total. The molecule has 0 aliphatic carbocycles. The number of halogens is 5. The molecule has 1 aliphatic heterocycles. The van der Waals surface area contributed by atoms with Crippen LogP contribution in [0.25, 0.3) is 0 Å². The van der Waals surface area contributed by atoms with Gasteiger partial charge in [-0.2, -0.15) is 13.2 Å². The van der Waals surface area contributed by atoms with Gasteiger partial charge >= 0.3 is 12.2 Å². The molecule has 2 amide bonds. The Hall–Kier alpha value is -3.04. The molecule has 3 aromatic rings. The number of fused-ring (bicyclic) bond motifs is 1. The van der Waals surface area contributed by atoms with Gasteiger partial charge in [0.2, 0.25) is 5.88 Å². The summed E-state index contributed by atoms with van der Waals surface area (Å²) < 4.78 is 45.5. The predicted molar refractivity (Wildman–Crippen MR) is 124 cm³/mol. The Balaban J connectivity index is 0.00000193. The third kappa shape index (κ3) is 5.66. The number of hydrogen-bond acceptors (Lipinski definition) is 4. The van der Waals surface area contributed by atoms with Gasteiger partial charge in [0.05, 0.1) is 23.1 Å². The average molecular weight is 501 g/mol. The van der Waals surface area contributed by atoms with Crippen molar-refractivity contribution in [2.75, 3.05) is 16.8 Å². The second kappa shape index (κ2) is 10.3. The number of rotatable bonds is 3. The van der Waals surface area contributed by atoms with Crippen molar-refractivity contribution in [2.45, 2.75) is 26.4 Å². The second-order valence-electron chi connectivity index (χ2n) is 7.20. The maximum absolute atomic E-state index is 13.3. The van der Waals surface area contributed by atoms with Crippen molar-refractivity contribution < 1.29 is 22.7 Å². The van der Waals surface area contributed by atoms with Gasteiger partial charge in [0, 0.05) is 24.5 Å². The van der Waals surface area contributed by atoms with Crippen molar-refractivity contribution >= 4 is 42.2 Å². The van der Waals surface area contributed by atoms with Crippen LogP contribution in [0.5, 0.6) is 11.6 Å². The van der Waals surface area contributed by atoms with Gasteiger partial charge in [-0.05, 0) is 55.7 Å². The maximum atomic E-state index is 13.3. The molecule has 1 aromatic carbocycles. The van der Waals surface area contributed by atoms with Crippen LogP contribution in [-0.2, 0) is 12.6 Å². The number of aromatic nitrogens is 2. The quantitative estimate of drug-likeness (QED) is 0.455. The molecule has 0 saturated heterocycles. The van der Waals surface area contributed by atoms with Crippen LogP contribution in [0.15, 0.2) is 48.8 Å². The number of alkyl halides is 3. The number of amides is 2. The SMILES string of the molecule is Cc1cc2c(cc1C(F)(F)F)N(C(=O)Nc1ccc(Oc3cccnc3C)nc1)CC2.Cl.Cl. The fourth-order valence-electron chi connectivity index (χ4n) is 3.47. The molecule has 4 rings (SSSR count). The normalized spacial score (nSPS) is 12.3. The number of urea groups is 1. The van der Waals surface area contributed by atoms with E-state index in [1.54, 1.807) is 30.5 Å². The highest BCUT2D eigenvalue weighted by molar-refractivity contribution is 6.03. The van der Waals surface area contributed by atoms with E-state index in [-0.39, 0.29) is 36.1 Å². The molecule has 33 heavy (non-hydrogen) atoms. The molecular weight excluding hydrogens is 480 g/mol. The lowest BCUT2D eigenvalue weighted by Gasteiger charge is -2.20. The second-order valence-corrected chi connectivity index (χ2v) is 7.20. The van der Waals surface area contributed by atoms with E-state index in [1.165, 1.54) is 24.1 Å². The summed E-state index contributed by atoms with van der Waals surface area (Å²) in [6.45, 7) is 3.54. The van der Waals surface area contributed by atoms with Crippen LogP contribution in [0.2, 0.25) is 0 Å². The number of carbonyl (C=O) groups is 1. The lowest BCUT2D eigenvalue weighted by molar-refractivity contribution is -0.138. The number of aryl methyl sites for hydroxylation is 2. The van der Waals surface area contributed by atoms with Gasteiger partial charge in [-0.25, -0.2) is 9.78 Å². The summed E-state index contributed by atoms with van der Waals surface area (Å²) in [7, 11) is 0. The van der Waals surface area contributed by atoms with Crippen LogP contribution < -0.4 is 15.0 Å². The van der Waals surface area contributed by atoms with Crippen LogP contribution in [0.1, 0.15) is 22.4 Å². The van der Waals surface area contributed by atoms with Gasteiger partial charge in [0.15, 0.2) is 5.75 Å². The number of carbonyl (C=O) groups excluding carboxylic acids is 1. The first kappa shape index (κ1) is 26.2. The molecule has 2 aromatic heterocycles. The van der Waals surface area contributed by atoms with E-state index in [0.29, 0.717) is 36.0 Å². The van der Waals surface area contributed by atoms with Crippen LogP contribution in [0.3, 0.4) is 0 Å². The average Bonchev–Trinajstić information content (AvgIpc) is 3.12. The molecular formula is C22H21Cl2F3N4O2. The zero-order valence-electron chi connectivity index (χ0n) is 17.6. The fraction of sp³-hybridized carbons (Fsp3) is 0.227. The zero-order chi connectivity index (χ0) is 22.2. The fourth-order valence-corrected chi connectivity index (χ4v) is 3.47. The van der Waals surface area contributed by atoms with Crippen LogP contribution in [0.4, 0.5) is 29.3 Å². The molecule has 0 fully saturated rings. The van der Waals surface area contributed by atoms with Gasteiger partial charge in [0.1, 0.15) is 0 Å². The molecule has 0 unspecified atom stereocenters. The number of hydrogen-bond donors (Lipinski definition) is 1. The molecule has 0 radical (unpaired) electrons. The Labute approximate surface area is 201 Å². The Morgan fingerprint density at radius 2 is 1.88 bits per heavy atom. The molecule has 0 spiro atoms. The van der Waals surface area contributed by atoms with Crippen molar-refractivity contribution in [1.29, 1.82) is 0 Å². The highest BCUT2D eigenvalue weighted by Gasteiger charge is 2.35. The Morgan fingerprint density at radius 3 is 2.52 bits per heavy atom. The number of benzene rings is 1. The molecule has 0 saturated carbocycles. The molecule has 0 bridgehead atoms. The van der Waals surface area contributed by atoms with Gasteiger partial charge in [-0.3, -0.25) is 9.88 Å². The molecule has 0 atom stereocenters. The molecule has 176 valence electrons. The van der Waals surface area contributed by atoms with Gasteiger partial charge in [-0.15, -0.1) is 24.8 Å². The van der Waals surface area contributed by atoms with Crippen LogP contribution in [0, 0.1) is 13.8 Å². The predicted octanol–water partition coefficient (Wildman–Crippen LogP) is 6.34. The lowest BCUT2D eigenvalue weighted by Crippen LogP contribution is -2.33. The topological polar surface area (TPSA) is 67.4 Å². The lowest BCUT2D eigenvalue weighted by atomic mass is 10.0. The summed E-state index contributed by atoms with van der Waals surface area (Å²) in [5.41, 5.74) is 1.52. The maximum Gasteiger partial charge on any atom is 0.416 e.